The standard InChI is InChI=1S/C16H17F2NO3S/c1-11-7-15(18)16(9-14(11)17)23(21,22)19-10-13(20)8-12-5-3-2-4-6-12/h2-7,9,13,19-20H,8,10H2,1H3. The van der Waals surface area contributed by atoms with Crippen molar-refractivity contribution in [2.75, 3.05) is 6.54 Å². The molecule has 7 heteroatoms. The number of aliphatic hydroxyl groups excluding tert-OH is 1. The van der Waals surface area contributed by atoms with E-state index in [2.05, 4.69) is 4.72 Å². The quantitative estimate of drug-likeness (QED) is 0.846. The van der Waals surface area contributed by atoms with E-state index in [1.165, 1.54) is 6.92 Å². The van der Waals surface area contributed by atoms with Crippen LogP contribution in [0.15, 0.2) is 47.4 Å². The molecule has 0 amide bonds. The molecule has 0 aromatic heterocycles. The van der Waals surface area contributed by atoms with Crippen molar-refractivity contribution >= 4 is 10.0 Å². The second kappa shape index (κ2) is 7.16. The maximum absolute atomic E-state index is 13.7. The Labute approximate surface area is 133 Å². The Morgan fingerprint density at radius 1 is 1.13 bits per heavy atom. The first-order valence-corrected chi connectivity index (χ1v) is 8.45. The molecule has 2 rings (SSSR count). The van der Waals surface area contributed by atoms with Crippen molar-refractivity contribution in [3.8, 4) is 0 Å². The summed E-state index contributed by atoms with van der Waals surface area (Å²) < 4.78 is 53.4. The third-order valence-electron chi connectivity index (χ3n) is 3.33. The third kappa shape index (κ3) is 4.57. The predicted molar refractivity (Wildman–Crippen MR) is 82.4 cm³/mol. The molecule has 124 valence electrons. The smallest absolute Gasteiger partial charge is 0.243 e. The molecule has 2 N–H and O–H groups in total. The summed E-state index contributed by atoms with van der Waals surface area (Å²) in [6.45, 7) is 1.04. The highest BCUT2D eigenvalue weighted by Crippen LogP contribution is 2.18. The molecule has 0 bridgehead atoms. The average molecular weight is 341 g/mol. The molecule has 1 unspecified atom stereocenters. The van der Waals surface area contributed by atoms with Crippen molar-refractivity contribution in [1.82, 2.24) is 4.72 Å². The van der Waals surface area contributed by atoms with E-state index in [4.69, 9.17) is 0 Å². The minimum absolute atomic E-state index is 0.0190. The summed E-state index contributed by atoms with van der Waals surface area (Å²) in [6, 6.07) is 10.5. The van der Waals surface area contributed by atoms with Crippen LogP contribution in [0.5, 0.6) is 0 Å². The molecule has 0 spiro atoms. The van der Waals surface area contributed by atoms with Crippen LogP contribution in [-0.4, -0.2) is 26.2 Å². The van der Waals surface area contributed by atoms with E-state index in [1.54, 1.807) is 24.3 Å². The summed E-state index contributed by atoms with van der Waals surface area (Å²) in [5.41, 5.74) is 0.859. The number of aryl methyl sites for hydroxylation is 1. The zero-order valence-electron chi connectivity index (χ0n) is 12.5. The summed E-state index contributed by atoms with van der Waals surface area (Å²) in [6.07, 6.45) is -0.737. The monoisotopic (exact) mass is 341 g/mol. The van der Waals surface area contributed by atoms with Crippen molar-refractivity contribution in [2.24, 2.45) is 0 Å². The number of hydrogen-bond acceptors (Lipinski definition) is 3. The van der Waals surface area contributed by atoms with Gasteiger partial charge in [-0.1, -0.05) is 30.3 Å². The van der Waals surface area contributed by atoms with Gasteiger partial charge in [0.05, 0.1) is 6.10 Å². The van der Waals surface area contributed by atoms with Gasteiger partial charge >= 0.3 is 0 Å². The molecule has 0 saturated carbocycles. The average Bonchev–Trinajstić information content (AvgIpc) is 2.50. The molecule has 4 nitrogen and oxygen atoms in total. The normalized spacial score (nSPS) is 13.0. The lowest BCUT2D eigenvalue weighted by Crippen LogP contribution is -2.33. The van der Waals surface area contributed by atoms with Crippen molar-refractivity contribution in [2.45, 2.75) is 24.3 Å². The number of nitrogens with one attached hydrogen (secondary N) is 1. The number of sulfonamides is 1. The number of hydrogen-bond donors (Lipinski definition) is 2. The summed E-state index contributed by atoms with van der Waals surface area (Å²) in [5.74, 6) is -1.84. The molecule has 0 heterocycles. The van der Waals surface area contributed by atoms with Crippen LogP contribution in [-0.2, 0) is 16.4 Å². The highest BCUT2D eigenvalue weighted by atomic mass is 32.2. The van der Waals surface area contributed by atoms with E-state index in [0.29, 0.717) is 6.07 Å². The predicted octanol–water partition coefficient (Wildman–Crippen LogP) is 2.16. The fourth-order valence-corrected chi connectivity index (χ4v) is 3.22. The number of benzene rings is 2. The first-order chi connectivity index (χ1) is 10.8. The van der Waals surface area contributed by atoms with Crippen LogP contribution in [0.3, 0.4) is 0 Å². The van der Waals surface area contributed by atoms with E-state index < -0.39 is 32.7 Å². The van der Waals surface area contributed by atoms with Gasteiger partial charge in [-0.3, -0.25) is 0 Å². The van der Waals surface area contributed by atoms with Crippen molar-refractivity contribution in [1.29, 1.82) is 0 Å². The van der Waals surface area contributed by atoms with Gasteiger partial charge in [-0.25, -0.2) is 21.9 Å². The second-order valence-corrected chi connectivity index (χ2v) is 6.96. The maximum Gasteiger partial charge on any atom is 0.243 e. The lowest BCUT2D eigenvalue weighted by atomic mass is 10.1. The second-order valence-electron chi connectivity index (χ2n) is 5.23. The molecule has 0 aliphatic heterocycles. The third-order valence-corrected chi connectivity index (χ3v) is 4.76. The van der Waals surface area contributed by atoms with E-state index in [9.17, 15) is 22.3 Å². The molecule has 0 aliphatic carbocycles. The van der Waals surface area contributed by atoms with Crippen LogP contribution in [0.2, 0.25) is 0 Å². The van der Waals surface area contributed by atoms with Gasteiger partial charge in [0, 0.05) is 6.54 Å². The summed E-state index contributed by atoms with van der Waals surface area (Å²) >= 11 is 0. The van der Waals surface area contributed by atoms with Crippen LogP contribution < -0.4 is 4.72 Å². The fourth-order valence-electron chi connectivity index (χ4n) is 2.08. The number of rotatable bonds is 6. The van der Waals surface area contributed by atoms with Gasteiger partial charge in [-0.15, -0.1) is 0 Å². The summed E-state index contributed by atoms with van der Waals surface area (Å²) in [4.78, 5) is -0.771. The Hall–Kier alpha value is -1.83. The molecular formula is C16H17F2NO3S. The highest BCUT2D eigenvalue weighted by Gasteiger charge is 2.22. The van der Waals surface area contributed by atoms with Crippen LogP contribution in [0.1, 0.15) is 11.1 Å². The van der Waals surface area contributed by atoms with E-state index >= 15 is 0 Å². The minimum Gasteiger partial charge on any atom is -0.391 e. The highest BCUT2D eigenvalue weighted by molar-refractivity contribution is 7.89. The zero-order valence-corrected chi connectivity index (χ0v) is 13.3. The Balaban J connectivity index is 2.06. The molecule has 23 heavy (non-hydrogen) atoms. The lowest BCUT2D eigenvalue weighted by molar-refractivity contribution is 0.179. The lowest BCUT2D eigenvalue weighted by Gasteiger charge is -2.13. The molecule has 2 aromatic carbocycles. The van der Waals surface area contributed by atoms with Gasteiger partial charge in [0.15, 0.2) is 0 Å². The Bertz CT molecular complexity index is 779. The molecule has 0 radical (unpaired) electrons. The molecule has 0 fully saturated rings. The maximum atomic E-state index is 13.7. The van der Waals surface area contributed by atoms with Gasteiger partial charge < -0.3 is 5.11 Å². The van der Waals surface area contributed by atoms with Crippen molar-refractivity contribution in [3.05, 3.63) is 65.2 Å². The first-order valence-electron chi connectivity index (χ1n) is 6.97. The molecular weight excluding hydrogens is 324 g/mol. The van der Waals surface area contributed by atoms with E-state index in [-0.39, 0.29) is 18.5 Å². The number of aliphatic hydroxyl groups is 1. The topological polar surface area (TPSA) is 66.4 Å². The van der Waals surface area contributed by atoms with Crippen molar-refractivity contribution in [3.63, 3.8) is 0 Å². The minimum atomic E-state index is -4.24. The fraction of sp³-hybridized carbons (Fsp3) is 0.250. The zero-order chi connectivity index (χ0) is 17.0. The molecule has 0 aliphatic rings. The van der Waals surface area contributed by atoms with Gasteiger partial charge in [0.25, 0.3) is 0 Å². The van der Waals surface area contributed by atoms with Crippen LogP contribution in [0.4, 0.5) is 8.78 Å². The molecule has 0 saturated heterocycles. The molecule has 1 atom stereocenters. The van der Waals surface area contributed by atoms with Crippen LogP contribution in [0.25, 0.3) is 0 Å². The van der Waals surface area contributed by atoms with Crippen molar-refractivity contribution < 1.29 is 22.3 Å². The van der Waals surface area contributed by atoms with E-state index in [0.717, 1.165) is 11.6 Å². The SMILES string of the molecule is Cc1cc(F)c(S(=O)(=O)NCC(O)Cc2ccccc2)cc1F. The van der Waals surface area contributed by atoms with Crippen LogP contribution in [0, 0.1) is 18.6 Å². The van der Waals surface area contributed by atoms with Crippen LogP contribution >= 0.6 is 0 Å². The van der Waals surface area contributed by atoms with E-state index in [1.807, 2.05) is 6.07 Å². The summed E-state index contributed by atoms with van der Waals surface area (Å²) in [5, 5.41) is 9.89. The van der Waals surface area contributed by atoms with Gasteiger partial charge in [0.2, 0.25) is 10.0 Å². The number of halogens is 2. The van der Waals surface area contributed by atoms with Gasteiger partial charge in [-0.05, 0) is 36.6 Å². The summed E-state index contributed by atoms with van der Waals surface area (Å²) in [7, 11) is -4.24. The Morgan fingerprint density at radius 2 is 1.78 bits per heavy atom. The largest absolute Gasteiger partial charge is 0.391 e. The first kappa shape index (κ1) is 17.5. The Morgan fingerprint density at radius 3 is 2.43 bits per heavy atom. The molecule has 2 aromatic rings. The van der Waals surface area contributed by atoms with Gasteiger partial charge in [0.1, 0.15) is 16.5 Å². The Kier molecular flexibility index (Phi) is 5.46. The van der Waals surface area contributed by atoms with Gasteiger partial charge in [-0.2, -0.15) is 0 Å².